The summed E-state index contributed by atoms with van der Waals surface area (Å²) in [6.07, 6.45) is -4.82. The highest BCUT2D eigenvalue weighted by Crippen LogP contribution is 2.22. The van der Waals surface area contributed by atoms with Crippen molar-refractivity contribution in [2.75, 3.05) is 6.61 Å². The summed E-state index contributed by atoms with van der Waals surface area (Å²) in [6, 6.07) is 3.49. The summed E-state index contributed by atoms with van der Waals surface area (Å²) in [5.74, 6) is -2.22. The average Bonchev–Trinajstić information content (AvgIpc) is 2.43. The number of halogens is 3. The van der Waals surface area contributed by atoms with Crippen molar-refractivity contribution in [2.45, 2.75) is 18.6 Å². The van der Waals surface area contributed by atoms with Gasteiger partial charge in [0.25, 0.3) is 5.91 Å². The minimum atomic E-state index is -4.70. The van der Waals surface area contributed by atoms with Crippen molar-refractivity contribution in [1.29, 1.82) is 0 Å². The van der Waals surface area contributed by atoms with Crippen molar-refractivity contribution in [1.82, 2.24) is 5.32 Å². The number of benzene rings is 1. The van der Waals surface area contributed by atoms with Crippen LogP contribution in [-0.2, 0) is 4.79 Å². The number of carbonyl (C=O) groups is 2. The van der Waals surface area contributed by atoms with Gasteiger partial charge in [-0.15, -0.1) is 0 Å². The zero-order valence-corrected chi connectivity index (χ0v) is 11.4. The zero-order chi connectivity index (χ0) is 16.8. The molecule has 0 aliphatic carbocycles. The third-order valence-corrected chi connectivity index (χ3v) is 2.52. The van der Waals surface area contributed by atoms with E-state index in [-0.39, 0.29) is 12.2 Å². The van der Waals surface area contributed by atoms with Crippen LogP contribution in [0.5, 0.6) is 5.75 Å². The minimum absolute atomic E-state index is 0.0272. The minimum Gasteiger partial charge on any atom is -0.490 e. The molecule has 0 aromatic heterocycles. The lowest BCUT2D eigenvalue weighted by atomic mass is 10.1. The van der Waals surface area contributed by atoms with E-state index in [0.29, 0.717) is 5.75 Å². The highest BCUT2D eigenvalue weighted by molar-refractivity contribution is 5.96. The molecule has 1 atom stereocenters. The van der Waals surface area contributed by atoms with E-state index >= 15 is 0 Å². The van der Waals surface area contributed by atoms with Crippen LogP contribution in [-0.4, -0.2) is 35.8 Å². The van der Waals surface area contributed by atoms with Gasteiger partial charge < -0.3 is 15.2 Å². The van der Waals surface area contributed by atoms with Crippen LogP contribution in [0.3, 0.4) is 0 Å². The van der Waals surface area contributed by atoms with E-state index in [1.807, 2.05) is 5.32 Å². The van der Waals surface area contributed by atoms with E-state index in [9.17, 15) is 22.8 Å². The molecule has 1 rings (SSSR count). The van der Waals surface area contributed by atoms with Crippen molar-refractivity contribution < 1.29 is 32.6 Å². The lowest BCUT2D eigenvalue weighted by Gasteiger charge is -2.16. The van der Waals surface area contributed by atoms with Crippen LogP contribution in [0.4, 0.5) is 13.2 Å². The molecule has 1 aromatic rings. The monoisotopic (exact) mass is 317 g/mol. The van der Waals surface area contributed by atoms with E-state index in [4.69, 9.17) is 9.84 Å². The van der Waals surface area contributed by atoms with Crippen LogP contribution in [0.1, 0.15) is 16.8 Å². The topological polar surface area (TPSA) is 75.6 Å². The van der Waals surface area contributed by atoms with E-state index in [0.717, 1.165) is 0 Å². The summed E-state index contributed by atoms with van der Waals surface area (Å²) in [5.41, 5.74) is 0.0272. The Bertz CT molecular complexity index is 540. The third-order valence-electron chi connectivity index (χ3n) is 2.52. The summed E-state index contributed by atoms with van der Waals surface area (Å²) in [6.45, 7) is 3.73. The standard InChI is InChI=1S/C14H14F3NO4/c1-2-7-22-10-5-3-9(4-6-10)12(19)18-11(13(20)21)8-14(15,16)17/h2-6,11H,1,7-8H2,(H,18,19)(H,20,21). The second-order valence-corrected chi connectivity index (χ2v) is 4.31. The molecule has 0 saturated heterocycles. The molecule has 0 heterocycles. The van der Waals surface area contributed by atoms with Gasteiger partial charge in [-0.05, 0) is 24.3 Å². The van der Waals surface area contributed by atoms with Gasteiger partial charge in [-0.25, -0.2) is 4.79 Å². The molecule has 0 radical (unpaired) electrons. The Morgan fingerprint density at radius 3 is 2.36 bits per heavy atom. The molecule has 0 aliphatic rings. The number of hydrogen-bond donors (Lipinski definition) is 2. The second kappa shape index (κ2) is 7.48. The summed E-state index contributed by atoms with van der Waals surface area (Å²) in [4.78, 5) is 22.5. The van der Waals surface area contributed by atoms with Gasteiger partial charge >= 0.3 is 12.1 Å². The van der Waals surface area contributed by atoms with Gasteiger partial charge in [-0.1, -0.05) is 12.7 Å². The van der Waals surface area contributed by atoms with Crippen LogP contribution in [0.15, 0.2) is 36.9 Å². The van der Waals surface area contributed by atoms with Gasteiger partial charge in [0.15, 0.2) is 0 Å². The van der Waals surface area contributed by atoms with Gasteiger partial charge in [-0.3, -0.25) is 4.79 Å². The van der Waals surface area contributed by atoms with Gasteiger partial charge in [0.2, 0.25) is 0 Å². The van der Waals surface area contributed by atoms with Gasteiger partial charge in [-0.2, -0.15) is 13.2 Å². The maximum absolute atomic E-state index is 12.3. The van der Waals surface area contributed by atoms with E-state index in [2.05, 4.69) is 6.58 Å². The first kappa shape index (κ1) is 17.5. The maximum atomic E-state index is 12.3. The van der Waals surface area contributed by atoms with Crippen LogP contribution < -0.4 is 10.1 Å². The van der Waals surface area contributed by atoms with Crippen LogP contribution in [0.25, 0.3) is 0 Å². The highest BCUT2D eigenvalue weighted by Gasteiger charge is 2.36. The van der Waals surface area contributed by atoms with Crippen LogP contribution >= 0.6 is 0 Å². The normalized spacial score (nSPS) is 12.3. The van der Waals surface area contributed by atoms with E-state index in [1.165, 1.54) is 30.3 Å². The molecule has 0 saturated carbocycles. The molecule has 22 heavy (non-hydrogen) atoms. The van der Waals surface area contributed by atoms with Crippen molar-refractivity contribution in [2.24, 2.45) is 0 Å². The first-order valence-corrected chi connectivity index (χ1v) is 6.17. The predicted octanol–water partition coefficient (Wildman–Crippen LogP) is 2.39. The molecule has 120 valence electrons. The molecule has 8 heteroatoms. The zero-order valence-electron chi connectivity index (χ0n) is 11.4. The van der Waals surface area contributed by atoms with E-state index < -0.39 is 30.5 Å². The Labute approximate surface area is 124 Å². The number of carbonyl (C=O) groups excluding carboxylic acids is 1. The van der Waals surface area contributed by atoms with Crippen LogP contribution in [0, 0.1) is 0 Å². The van der Waals surface area contributed by atoms with E-state index in [1.54, 1.807) is 0 Å². The molecule has 1 unspecified atom stereocenters. The number of carboxylic acids is 1. The molecule has 5 nitrogen and oxygen atoms in total. The molecule has 0 fully saturated rings. The first-order valence-electron chi connectivity index (χ1n) is 6.17. The Kier molecular flexibility index (Phi) is 5.97. The fourth-order valence-corrected chi connectivity index (χ4v) is 1.53. The molecule has 1 amide bonds. The van der Waals surface area contributed by atoms with Crippen molar-refractivity contribution in [3.05, 3.63) is 42.5 Å². The Balaban J connectivity index is 2.73. The Morgan fingerprint density at radius 1 is 1.32 bits per heavy atom. The Hall–Kier alpha value is -2.51. The average molecular weight is 317 g/mol. The fourth-order valence-electron chi connectivity index (χ4n) is 1.53. The number of alkyl halides is 3. The quantitative estimate of drug-likeness (QED) is 0.757. The summed E-state index contributed by atoms with van der Waals surface area (Å²) in [7, 11) is 0. The molecule has 0 aliphatic heterocycles. The molecule has 0 bridgehead atoms. The number of hydrogen-bond acceptors (Lipinski definition) is 3. The highest BCUT2D eigenvalue weighted by atomic mass is 19.4. The lowest BCUT2D eigenvalue weighted by molar-refractivity contribution is -0.157. The van der Waals surface area contributed by atoms with Crippen molar-refractivity contribution in [3.8, 4) is 5.75 Å². The number of ether oxygens (including phenoxy) is 1. The predicted molar refractivity (Wildman–Crippen MR) is 71.7 cm³/mol. The van der Waals surface area contributed by atoms with Crippen molar-refractivity contribution >= 4 is 11.9 Å². The SMILES string of the molecule is C=CCOc1ccc(C(=O)NC(CC(F)(F)F)C(=O)O)cc1. The van der Waals surface area contributed by atoms with Crippen molar-refractivity contribution in [3.63, 3.8) is 0 Å². The Morgan fingerprint density at radius 2 is 1.91 bits per heavy atom. The molecule has 1 aromatic carbocycles. The van der Waals surface area contributed by atoms with Gasteiger partial charge in [0.05, 0.1) is 6.42 Å². The number of carboxylic acid groups (broad SMARTS) is 1. The van der Waals surface area contributed by atoms with Gasteiger partial charge in [0, 0.05) is 5.56 Å². The largest absolute Gasteiger partial charge is 0.490 e. The summed E-state index contributed by atoms with van der Waals surface area (Å²) < 4.78 is 41.9. The molecular weight excluding hydrogens is 303 g/mol. The second-order valence-electron chi connectivity index (χ2n) is 4.31. The third kappa shape index (κ3) is 5.86. The molecular formula is C14H14F3NO4. The number of amides is 1. The fraction of sp³-hybridized carbons (Fsp3) is 0.286. The summed E-state index contributed by atoms with van der Waals surface area (Å²) >= 11 is 0. The number of aliphatic carboxylic acids is 1. The molecule has 2 N–H and O–H groups in total. The first-order chi connectivity index (χ1) is 10.2. The lowest BCUT2D eigenvalue weighted by Crippen LogP contribution is -2.43. The maximum Gasteiger partial charge on any atom is 0.391 e. The smallest absolute Gasteiger partial charge is 0.391 e. The molecule has 0 spiro atoms. The summed E-state index contributed by atoms with van der Waals surface area (Å²) in [5, 5.41) is 10.6. The van der Waals surface area contributed by atoms with Crippen LogP contribution in [0.2, 0.25) is 0 Å². The van der Waals surface area contributed by atoms with Gasteiger partial charge in [0.1, 0.15) is 18.4 Å². The number of rotatable bonds is 7. The number of nitrogens with one attached hydrogen (secondary N) is 1.